The number of carbonyl (C=O) groups is 1. The van der Waals surface area contributed by atoms with E-state index >= 15 is 0 Å². The monoisotopic (exact) mass is 288 g/mol. The molecule has 21 heavy (non-hydrogen) atoms. The molecule has 0 aliphatic heterocycles. The number of hydrogen-bond acceptors (Lipinski definition) is 4. The summed E-state index contributed by atoms with van der Waals surface area (Å²) < 4.78 is 0. The first-order chi connectivity index (χ1) is 10.1. The molecule has 2 rings (SSSR count). The molecule has 0 aliphatic rings. The highest BCUT2D eigenvalue weighted by Gasteiger charge is 2.19. The van der Waals surface area contributed by atoms with Crippen LogP contribution in [0.2, 0.25) is 0 Å². The number of H-pyrrole nitrogens is 1. The summed E-state index contributed by atoms with van der Waals surface area (Å²) >= 11 is 0. The highest BCUT2D eigenvalue weighted by atomic mass is 16.2. The average molecular weight is 288 g/mol. The van der Waals surface area contributed by atoms with Crippen LogP contribution in [-0.4, -0.2) is 33.9 Å². The second-order valence-corrected chi connectivity index (χ2v) is 5.02. The fraction of sp³-hybridized carbons (Fsp3) is 0.400. The zero-order valence-electron chi connectivity index (χ0n) is 12.3. The van der Waals surface area contributed by atoms with Crippen molar-refractivity contribution < 1.29 is 4.79 Å². The molecule has 0 saturated heterocycles. The number of benzene rings is 1. The van der Waals surface area contributed by atoms with E-state index in [1.54, 1.807) is 30.0 Å². The van der Waals surface area contributed by atoms with Gasteiger partial charge in [0.25, 0.3) is 5.56 Å². The van der Waals surface area contributed by atoms with Gasteiger partial charge < -0.3 is 15.6 Å². The highest BCUT2D eigenvalue weighted by Crippen LogP contribution is 2.09. The Bertz CT molecular complexity index is 695. The largest absolute Gasteiger partial charge is 0.335 e. The third-order valence-corrected chi connectivity index (χ3v) is 3.47. The Hall–Kier alpha value is -2.21. The van der Waals surface area contributed by atoms with Gasteiger partial charge in [-0.3, -0.25) is 9.59 Å². The lowest BCUT2D eigenvalue weighted by atomic mass is 10.1. The maximum atomic E-state index is 12.2. The summed E-state index contributed by atoms with van der Waals surface area (Å²) in [4.78, 5) is 33.0. The van der Waals surface area contributed by atoms with Crippen LogP contribution in [0.3, 0.4) is 0 Å². The molecule has 0 spiro atoms. The Labute approximate surface area is 123 Å². The second kappa shape index (κ2) is 6.49. The molecule has 1 unspecified atom stereocenters. The number of nitrogens with two attached hydrogens (primary N) is 1. The van der Waals surface area contributed by atoms with Crippen molar-refractivity contribution in [3.8, 4) is 0 Å². The number of para-hydroxylation sites is 1. The lowest BCUT2D eigenvalue weighted by Crippen LogP contribution is -2.38. The zero-order chi connectivity index (χ0) is 15.4. The molecule has 0 aliphatic carbocycles. The maximum absolute atomic E-state index is 12.2. The summed E-state index contributed by atoms with van der Waals surface area (Å²) in [6, 6.07) is 7.14. The van der Waals surface area contributed by atoms with Crippen LogP contribution in [-0.2, 0) is 11.3 Å². The number of carbonyl (C=O) groups excluding carboxylic acids is 1. The fourth-order valence-electron chi connectivity index (χ4n) is 2.15. The van der Waals surface area contributed by atoms with Gasteiger partial charge in [-0.15, -0.1) is 0 Å². The van der Waals surface area contributed by atoms with Gasteiger partial charge in [-0.2, -0.15) is 0 Å². The van der Waals surface area contributed by atoms with Crippen molar-refractivity contribution in [3.05, 3.63) is 40.4 Å². The van der Waals surface area contributed by atoms with E-state index in [-0.39, 0.29) is 23.9 Å². The lowest BCUT2D eigenvalue weighted by molar-refractivity contribution is -0.135. The van der Waals surface area contributed by atoms with E-state index < -0.39 is 0 Å². The van der Waals surface area contributed by atoms with Gasteiger partial charge in [0.2, 0.25) is 5.91 Å². The van der Waals surface area contributed by atoms with Gasteiger partial charge in [0.05, 0.1) is 17.4 Å². The van der Waals surface area contributed by atoms with Gasteiger partial charge >= 0.3 is 0 Å². The molecule has 2 aromatic rings. The van der Waals surface area contributed by atoms with Crippen LogP contribution in [0, 0.1) is 5.92 Å². The molecule has 3 N–H and O–H groups in total. The van der Waals surface area contributed by atoms with Crippen LogP contribution >= 0.6 is 0 Å². The molecule has 0 saturated carbocycles. The highest BCUT2D eigenvalue weighted by molar-refractivity contribution is 5.79. The Morgan fingerprint density at radius 1 is 1.43 bits per heavy atom. The number of aromatic amines is 1. The number of fused-ring (bicyclic) bond motifs is 1. The first-order valence-corrected chi connectivity index (χ1v) is 7.03. The van der Waals surface area contributed by atoms with Gasteiger partial charge in [-0.25, -0.2) is 4.98 Å². The number of nitrogens with one attached hydrogen (secondary N) is 1. The molecule has 1 amide bonds. The minimum Gasteiger partial charge on any atom is -0.335 e. The van der Waals surface area contributed by atoms with Crippen molar-refractivity contribution >= 4 is 16.8 Å². The minimum absolute atomic E-state index is 0.0317. The van der Waals surface area contributed by atoms with E-state index in [0.717, 1.165) is 0 Å². The predicted octanol–water partition coefficient (Wildman–Crippen LogP) is 0.866. The maximum Gasteiger partial charge on any atom is 0.258 e. The summed E-state index contributed by atoms with van der Waals surface area (Å²) in [7, 11) is 0. The van der Waals surface area contributed by atoms with Crippen LogP contribution in [0.25, 0.3) is 10.9 Å². The molecule has 6 heteroatoms. The number of hydrogen-bond donors (Lipinski definition) is 2. The van der Waals surface area contributed by atoms with Crippen molar-refractivity contribution in [1.29, 1.82) is 0 Å². The first-order valence-electron chi connectivity index (χ1n) is 7.03. The van der Waals surface area contributed by atoms with Gasteiger partial charge in [-0.05, 0) is 19.1 Å². The van der Waals surface area contributed by atoms with Crippen LogP contribution in [0.1, 0.15) is 19.7 Å². The van der Waals surface area contributed by atoms with E-state index in [9.17, 15) is 9.59 Å². The Balaban J connectivity index is 2.30. The van der Waals surface area contributed by atoms with Crippen molar-refractivity contribution in [1.82, 2.24) is 14.9 Å². The molecule has 0 bridgehead atoms. The van der Waals surface area contributed by atoms with Gasteiger partial charge in [0.1, 0.15) is 5.82 Å². The Kier molecular flexibility index (Phi) is 4.70. The molecule has 112 valence electrons. The van der Waals surface area contributed by atoms with Crippen LogP contribution in [0.4, 0.5) is 0 Å². The summed E-state index contributed by atoms with van der Waals surface area (Å²) in [5, 5.41) is 0.547. The van der Waals surface area contributed by atoms with E-state index in [1.165, 1.54) is 0 Å². The lowest BCUT2D eigenvalue weighted by Gasteiger charge is -2.23. The predicted molar refractivity (Wildman–Crippen MR) is 81.7 cm³/mol. The van der Waals surface area contributed by atoms with Crippen LogP contribution in [0.5, 0.6) is 0 Å². The number of aromatic nitrogens is 2. The summed E-state index contributed by atoms with van der Waals surface area (Å²) in [6.45, 7) is 4.80. The number of amides is 1. The van der Waals surface area contributed by atoms with Crippen molar-refractivity contribution in [2.24, 2.45) is 11.7 Å². The van der Waals surface area contributed by atoms with E-state index in [0.29, 0.717) is 29.8 Å². The van der Waals surface area contributed by atoms with E-state index in [1.807, 2.05) is 13.0 Å². The molecule has 0 fully saturated rings. The molecule has 1 aromatic heterocycles. The summed E-state index contributed by atoms with van der Waals surface area (Å²) in [5.74, 6) is 0.214. The third kappa shape index (κ3) is 3.28. The first kappa shape index (κ1) is 15.2. The number of rotatable bonds is 5. The fourth-order valence-corrected chi connectivity index (χ4v) is 2.15. The average Bonchev–Trinajstić information content (AvgIpc) is 2.51. The normalized spacial score (nSPS) is 12.3. The topological polar surface area (TPSA) is 92.1 Å². The summed E-state index contributed by atoms with van der Waals surface area (Å²) in [6.07, 6.45) is 0. The van der Waals surface area contributed by atoms with Gasteiger partial charge in [0, 0.05) is 19.0 Å². The smallest absolute Gasteiger partial charge is 0.258 e. The molecule has 1 atom stereocenters. The molecule has 6 nitrogen and oxygen atoms in total. The van der Waals surface area contributed by atoms with Crippen LogP contribution < -0.4 is 11.3 Å². The second-order valence-electron chi connectivity index (χ2n) is 5.02. The van der Waals surface area contributed by atoms with Crippen molar-refractivity contribution in [2.45, 2.75) is 20.4 Å². The van der Waals surface area contributed by atoms with Gasteiger partial charge in [-0.1, -0.05) is 19.1 Å². The molecular formula is C15H20N4O2. The minimum atomic E-state index is -0.239. The molecule has 1 aromatic carbocycles. The molecular weight excluding hydrogens is 268 g/mol. The number of nitrogens with zero attached hydrogens (tertiary/aromatic N) is 2. The van der Waals surface area contributed by atoms with Crippen molar-refractivity contribution in [2.75, 3.05) is 13.1 Å². The summed E-state index contributed by atoms with van der Waals surface area (Å²) in [5.41, 5.74) is 5.98. The molecule has 1 heterocycles. The Morgan fingerprint density at radius 2 is 2.14 bits per heavy atom. The Morgan fingerprint density at radius 3 is 2.81 bits per heavy atom. The van der Waals surface area contributed by atoms with E-state index in [4.69, 9.17) is 5.73 Å². The quantitative estimate of drug-likeness (QED) is 0.853. The van der Waals surface area contributed by atoms with Gasteiger partial charge in [0.15, 0.2) is 0 Å². The standard InChI is InChI=1S/C15H20N4O2/c1-3-19(15(21)10(2)8-16)9-13-17-12-7-5-4-6-11(12)14(20)18-13/h4-7,10H,3,8-9,16H2,1-2H3,(H,17,18,20). The van der Waals surface area contributed by atoms with E-state index in [2.05, 4.69) is 9.97 Å². The molecule has 0 radical (unpaired) electrons. The third-order valence-electron chi connectivity index (χ3n) is 3.47. The van der Waals surface area contributed by atoms with Crippen LogP contribution in [0.15, 0.2) is 29.1 Å². The zero-order valence-corrected chi connectivity index (χ0v) is 12.3. The SMILES string of the molecule is CCN(Cc1nc2ccccc2c(=O)[nH]1)C(=O)C(C)CN. The van der Waals surface area contributed by atoms with Crippen molar-refractivity contribution in [3.63, 3.8) is 0 Å².